The van der Waals surface area contributed by atoms with E-state index >= 15 is 0 Å². The maximum atomic E-state index is 12.9. The number of hydrogen-bond acceptors (Lipinski definition) is 2. The van der Waals surface area contributed by atoms with Crippen molar-refractivity contribution in [1.82, 2.24) is 10.0 Å². The fourth-order valence-electron chi connectivity index (χ4n) is 1.49. The summed E-state index contributed by atoms with van der Waals surface area (Å²) in [6, 6.07) is 0.292. The van der Waals surface area contributed by atoms with Crippen LogP contribution in [0.5, 0.6) is 0 Å². The third kappa shape index (κ3) is 3.29. The zero-order valence-corrected chi connectivity index (χ0v) is 10.3. The largest absolute Gasteiger partial charge is 0.305 e. The lowest BCUT2D eigenvalue weighted by Crippen LogP contribution is -2.44. The van der Waals surface area contributed by atoms with Crippen LogP contribution in [0.1, 0.15) is 34.6 Å². The predicted octanol–water partition coefficient (Wildman–Crippen LogP) is 2.83. The Kier molecular flexibility index (Phi) is 5.77. The van der Waals surface area contributed by atoms with Gasteiger partial charge >= 0.3 is 0 Å². The number of alkyl halides is 1. The molecule has 0 aromatic rings. The van der Waals surface area contributed by atoms with Gasteiger partial charge in [-0.3, -0.25) is 0 Å². The average Bonchev–Trinajstić information content (AvgIpc) is 2.11. The Morgan fingerprint density at radius 3 is 2.00 bits per heavy atom. The molecule has 0 radical (unpaired) electrons. The van der Waals surface area contributed by atoms with Crippen molar-refractivity contribution in [2.75, 3.05) is 20.3 Å². The first kappa shape index (κ1) is 13.4. The van der Waals surface area contributed by atoms with Crippen LogP contribution >= 0.6 is 0 Å². The van der Waals surface area contributed by atoms with Gasteiger partial charge in [-0.25, -0.2) is 9.40 Å². The van der Waals surface area contributed by atoms with E-state index in [1.54, 1.807) is 0 Å². The minimum absolute atomic E-state index is 0.292. The van der Waals surface area contributed by atoms with Crippen LogP contribution in [0.2, 0.25) is 0 Å². The first-order chi connectivity index (χ1) is 6.45. The molecule has 84 valence electrons. The normalized spacial score (nSPS) is 10.9. The van der Waals surface area contributed by atoms with E-state index in [9.17, 15) is 4.39 Å². The van der Waals surface area contributed by atoms with Crippen molar-refractivity contribution in [2.45, 2.75) is 40.7 Å². The van der Waals surface area contributed by atoms with Crippen LogP contribution in [-0.4, -0.2) is 36.3 Å². The molecular weight excluding hydrogens is 179 g/mol. The zero-order chi connectivity index (χ0) is 11.3. The van der Waals surface area contributed by atoms with E-state index < -0.39 is 6.67 Å². The highest BCUT2D eigenvalue weighted by Crippen LogP contribution is 2.16. The molecule has 0 heterocycles. The predicted molar refractivity (Wildman–Crippen MR) is 59.6 cm³/mol. The van der Waals surface area contributed by atoms with E-state index in [2.05, 4.69) is 20.8 Å². The van der Waals surface area contributed by atoms with Gasteiger partial charge in [-0.2, -0.15) is 0 Å². The zero-order valence-electron chi connectivity index (χ0n) is 10.3. The van der Waals surface area contributed by atoms with E-state index in [-0.39, 0.29) is 0 Å². The number of halogens is 1. The van der Waals surface area contributed by atoms with Crippen LogP contribution in [0.15, 0.2) is 11.3 Å². The molecule has 0 N–H and O–H groups in total. The van der Waals surface area contributed by atoms with Gasteiger partial charge in [0.15, 0.2) is 0 Å². The van der Waals surface area contributed by atoms with E-state index in [4.69, 9.17) is 0 Å². The molecule has 0 spiro atoms. The summed E-state index contributed by atoms with van der Waals surface area (Å²) in [5.74, 6) is 0. The van der Waals surface area contributed by atoms with Gasteiger partial charge in [-0.1, -0.05) is 12.5 Å². The molecule has 0 amide bonds. The van der Waals surface area contributed by atoms with Gasteiger partial charge in [0.05, 0.1) is 5.70 Å². The highest BCUT2D eigenvalue weighted by molar-refractivity contribution is 5.09. The monoisotopic (exact) mass is 202 g/mol. The van der Waals surface area contributed by atoms with Crippen molar-refractivity contribution in [3.05, 3.63) is 11.3 Å². The maximum Gasteiger partial charge on any atom is 0.130 e. The molecule has 0 unspecified atom stereocenters. The van der Waals surface area contributed by atoms with Crippen LogP contribution < -0.4 is 0 Å². The van der Waals surface area contributed by atoms with Gasteiger partial charge in [0.1, 0.15) is 6.67 Å². The number of allylic oxidation sites excluding steroid dienone is 2. The number of hydrogen-bond donors (Lipinski definition) is 0. The van der Waals surface area contributed by atoms with Crippen LogP contribution in [-0.2, 0) is 0 Å². The number of hydrazine groups is 1. The first-order valence-electron chi connectivity index (χ1n) is 5.18. The maximum absolute atomic E-state index is 12.9. The summed E-state index contributed by atoms with van der Waals surface area (Å²) in [4.78, 5) is 0. The summed E-state index contributed by atoms with van der Waals surface area (Å²) in [6.07, 6.45) is 0. The Morgan fingerprint density at radius 2 is 1.79 bits per heavy atom. The minimum atomic E-state index is -0.398. The molecule has 0 aromatic heterocycles. The van der Waals surface area contributed by atoms with Crippen molar-refractivity contribution in [2.24, 2.45) is 0 Å². The molecular formula is C11H23FN2. The molecule has 0 aliphatic heterocycles. The van der Waals surface area contributed by atoms with Crippen molar-refractivity contribution in [3.8, 4) is 0 Å². The second-order valence-corrected chi connectivity index (χ2v) is 3.99. The fourth-order valence-corrected chi connectivity index (χ4v) is 1.49. The van der Waals surface area contributed by atoms with Crippen molar-refractivity contribution in [3.63, 3.8) is 0 Å². The number of nitrogens with zero attached hydrogens (tertiary/aromatic N) is 2. The van der Waals surface area contributed by atoms with Gasteiger partial charge in [0.2, 0.25) is 0 Å². The second kappa shape index (κ2) is 6.02. The molecule has 0 saturated carbocycles. The summed E-state index contributed by atoms with van der Waals surface area (Å²) in [5.41, 5.74) is 1.82. The van der Waals surface area contributed by atoms with Gasteiger partial charge in [0, 0.05) is 19.6 Å². The fraction of sp³-hybridized carbons (Fsp3) is 0.818. The van der Waals surface area contributed by atoms with Crippen molar-refractivity contribution >= 4 is 0 Å². The third-order valence-corrected chi connectivity index (χ3v) is 2.29. The molecule has 0 saturated heterocycles. The van der Waals surface area contributed by atoms with E-state index in [1.807, 2.05) is 30.9 Å². The minimum Gasteiger partial charge on any atom is -0.305 e. The van der Waals surface area contributed by atoms with E-state index in [1.165, 1.54) is 0 Å². The lowest BCUT2D eigenvalue weighted by atomic mass is 10.2. The highest BCUT2D eigenvalue weighted by Gasteiger charge is 2.17. The van der Waals surface area contributed by atoms with Gasteiger partial charge in [-0.05, 0) is 27.7 Å². The SMILES string of the molecule is CCN(C)N(C(CF)=C(C)C)C(C)C. The Balaban J connectivity index is 4.90. The Bertz CT molecular complexity index is 195. The molecule has 2 nitrogen and oxygen atoms in total. The molecule has 0 aromatic carbocycles. The molecule has 0 bridgehead atoms. The average molecular weight is 202 g/mol. The Morgan fingerprint density at radius 1 is 1.29 bits per heavy atom. The lowest BCUT2D eigenvalue weighted by Gasteiger charge is -2.38. The summed E-state index contributed by atoms with van der Waals surface area (Å²) >= 11 is 0. The molecule has 0 atom stereocenters. The van der Waals surface area contributed by atoms with Crippen LogP contribution in [0.4, 0.5) is 4.39 Å². The molecule has 0 aliphatic carbocycles. The standard InChI is InChI=1S/C11H23FN2/c1-7-13(6)14(10(4)5)11(8-12)9(2)3/h10H,7-8H2,1-6H3. The third-order valence-electron chi connectivity index (χ3n) is 2.29. The Labute approximate surface area is 87.4 Å². The molecule has 14 heavy (non-hydrogen) atoms. The molecule has 3 heteroatoms. The molecule has 0 aliphatic rings. The van der Waals surface area contributed by atoms with Crippen LogP contribution in [0.3, 0.4) is 0 Å². The van der Waals surface area contributed by atoms with Crippen LogP contribution in [0, 0.1) is 0 Å². The number of rotatable bonds is 5. The second-order valence-electron chi connectivity index (χ2n) is 3.99. The Hall–Kier alpha value is -0.570. The highest BCUT2D eigenvalue weighted by atomic mass is 19.1. The van der Waals surface area contributed by atoms with Crippen molar-refractivity contribution in [1.29, 1.82) is 0 Å². The molecule has 0 fully saturated rings. The van der Waals surface area contributed by atoms with Gasteiger partial charge in [-0.15, -0.1) is 0 Å². The lowest BCUT2D eigenvalue weighted by molar-refractivity contribution is 0.00516. The van der Waals surface area contributed by atoms with Gasteiger partial charge in [0.25, 0.3) is 0 Å². The van der Waals surface area contributed by atoms with E-state index in [0.29, 0.717) is 6.04 Å². The van der Waals surface area contributed by atoms with Crippen LogP contribution in [0.25, 0.3) is 0 Å². The van der Waals surface area contributed by atoms with Gasteiger partial charge < -0.3 is 5.01 Å². The smallest absolute Gasteiger partial charge is 0.130 e. The summed E-state index contributed by atoms with van der Waals surface area (Å²) in [6.45, 7) is 10.6. The molecule has 0 rings (SSSR count). The first-order valence-corrected chi connectivity index (χ1v) is 5.18. The van der Waals surface area contributed by atoms with E-state index in [0.717, 1.165) is 17.8 Å². The summed E-state index contributed by atoms with van der Waals surface area (Å²) in [5, 5.41) is 4.07. The summed E-state index contributed by atoms with van der Waals surface area (Å²) < 4.78 is 12.9. The quantitative estimate of drug-likeness (QED) is 0.632. The summed E-state index contributed by atoms with van der Waals surface area (Å²) in [7, 11) is 1.98. The topological polar surface area (TPSA) is 6.48 Å². The van der Waals surface area contributed by atoms with Crippen molar-refractivity contribution < 1.29 is 4.39 Å².